The molecule has 1 saturated carbocycles. The van der Waals surface area contributed by atoms with E-state index in [4.69, 9.17) is 10.00 Å². The molecule has 0 unspecified atom stereocenters. The fraction of sp³-hybridized carbons (Fsp3) is 0.714. The van der Waals surface area contributed by atoms with Gasteiger partial charge in [0.05, 0.1) is 0 Å². The Morgan fingerprint density at radius 3 is 2.60 bits per heavy atom. The molecule has 0 aromatic heterocycles. The van der Waals surface area contributed by atoms with Gasteiger partial charge in [-0.05, 0) is 25.7 Å². The van der Waals surface area contributed by atoms with Crippen LogP contribution in [0.5, 0.6) is 0 Å². The lowest BCUT2D eigenvalue weighted by Crippen LogP contribution is -2.12. The minimum atomic E-state index is -0.744. The van der Waals surface area contributed by atoms with Crippen molar-refractivity contribution in [1.29, 1.82) is 5.26 Å². The highest BCUT2D eigenvalue weighted by Gasteiger charge is 2.18. The highest BCUT2D eigenvalue weighted by molar-refractivity contribution is 5.85. The number of nitriles is 1. The lowest BCUT2D eigenvalue weighted by atomic mass is 10.3. The van der Waals surface area contributed by atoms with Gasteiger partial charge >= 0.3 is 5.97 Å². The third kappa shape index (κ3) is 1.73. The normalized spacial score (nSPS) is 18.3. The molecule has 54 valence electrons. The SMILES string of the molecule is N#CC(=O)OC1CCCC1. The average Bonchev–Trinajstić information content (AvgIpc) is 2.40. The van der Waals surface area contributed by atoms with E-state index < -0.39 is 5.97 Å². The molecule has 0 radical (unpaired) electrons. The summed E-state index contributed by atoms with van der Waals surface area (Å²) in [5.41, 5.74) is 0. The monoisotopic (exact) mass is 139 g/mol. The summed E-state index contributed by atoms with van der Waals surface area (Å²) < 4.78 is 4.76. The van der Waals surface area contributed by atoms with Gasteiger partial charge in [-0.3, -0.25) is 0 Å². The van der Waals surface area contributed by atoms with E-state index in [1.807, 2.05) is 0 Å². The second-order valence-corrected chi connectivity index (χ2v) is 2.42. The molecule has 3 heteroatoms. The maximum absolute atomic E-state index is 10.4. The number of carbonyl (C=O) groups is 1. The zero-order valence-corrected chi connectivity index (χ0v) is 5.67. The molecule has 0 amide bonds. The first-order chi connectivity index (χ1) is 4.83. The van der Waals surface area contributed by atoms with Gasteiger partial charge in [0, 0.05) is 0 Å². The third-order valence-electron chi connectivity index (χ3n) is 1.67. The van der Waals surface area contributed by atoms with Crippen LogP contribution in [0.3, 0.4) is 0 Å². The van der Waals surface area contributed by atoms with Gasteiger partial charge in [0.25, 0.3) is 0 Å². The van der Waals surface area contributed by atoms with Gasteiger partial charge in [0.1, 0.15) is 6.10 Å². The van der Waals surface area contributed by atoms with E-state index in [2.05, 4.69) is 0 Å². The average molecular weight is 139 g/mol. The quantitative estimate of drug-likeness (QED) is 0.402. The fourth-order valence-electron chi connectivity index (χ4n) is 1.18. The summed E-state index contributed by atoms with van der Waals surface area (Å²) in [5, 5.41) is 8.07. The predicted molar refractivity (Wildman–Crippen MR) is 34.0 cm³/mol. The van der Waals surface area contributed by atoms with Crippen LogP contribution in [0.1, 0.15) is 25.7 Å². The first kappa shape index (κ1) is 7.07. The van der Waals surface area contributed by atoms with Crippen LogP contribution in [-0.4, -0.2) is 12.1 Å². The van der Waals surface area contributed by atoms with Crippen molar-refractivity contribution in [3.63, 3.8) is 0 Å². The summed E-state index contributed by atoms with van der Waals surface area (Å²) in [6.07, 6.45) is 4.10. The van der Waals surface area contributed by atoms with Crippen molar-refractivity contribution in [1.82, 2.24) is 0 Å². The Hall–Kier alpha value is -1.04. The molecule has 1 aliphatic carbocycles. The smallest absolute Gasteiger partial charge is 0.411 e. The van der Waals surface area contributed by atoms with E-state index in [0.29, 0.717) is 0 Å². The first-order valence-electron chi connectivity index (χ1n) is 3.43. The molecular weight excluding hydrogens is 130 g/mol. The van der Waals surface area contributed by atoms with Crippen LogP contribution in [0, 0.1) is 11.3 Å². The first-order valence-corrected chi connectivity index (χ1v) is 3.43. The lowest BCUT2D eigenvalue weighted by Gasteiger charge is -2.05. The van der Waals surface area contributed by atoms with Crippen LogP contribution >= 0.6 is 0 Å². The molecule has 0 aromatic rings. The van der Waals surface area contributed by atoms with Crippen molar-refractivity contribution < 1.29 is 9.53 Å². The van der Waals surface area contributed by atoms with Crippen LogP contribution in [0.4, 0.5) is 0 Å². The van der Waals surface area contributed by atoms with Gasteiger partial charge in [-0.15, -0.1) is 0 Å². The number of rotatable bonds is 1. The molecular formula is C7H9NO2. The van der Waals surface area contributed by atoms with Gasteiger partial charge < -0.3 is 4.74 Å². The van der Waals surface area contributed by atoms with Crippen LogP contribution in [0.2, 0.25) is 0 Å². The number of esters is 1. The van der Waals surface area contributed by atoms with E-state index >= 15 is 0 Å². The summed E-state index contributed by atoms with van der Waals surface area (Å²) in [4.78, 5) is 10.4. The van der Waals surface area contributed by atoms with Gasteiger partial charge in [-0.2, -0.15) is 5.26 Å². The summed E-state index contributed by atoms with van der Waals surface area (Å²) in [5.74, 6) is -0.744. The Morgan fingerprint density at radius 1 is 1.50 bits per heavy atom. The Bertz CT molecular complexity index is 165. The summed E-state index contributed by atoms with van der Waals surface area (Å²) >= 11 is 0. The largest absolute Gasteiger partial charge is 0.451 e. The number of nitrogens with zero attached hydrogens (tertiary/aromatic N) is 1. The van der Waals surface area contributed by atoms with Crippen LogP contribution in [0.25, 0.3) is 0 Å². The van der Waals surface area contributed by atoms with Crippen molar-refractivity contribution in [2.75, 3.05) is 0 Å². The molecule has 0 atom stereocenters. The van der Waals surface area contributed by atoms with E-state index in [1.54, 1.807) is 0 Å². The zero-order chi connectivity index (χ0) is 7.40. The molecule has 0 aliphatic heterocycles. The maximum Gasteiger partial charge on any atom is 0.411 e. The standard InChI is InChI=1S/C7H9NO2/c8-5-7(9)10-6-3-1-2-4-6/h6H,1-4H2. The third-order valence-corrected chi connectivity index (χ3v) is 1.67. The second kappa shape index (κ2) is 3.21. The van der Waals surface area contributed by atoms with Crippen LogP contribution in [-0.2, 0) is 9.53 Å². The van der Waals surface area contributed by atoms with E-state index in [0.717, 1.165) is 25.7 Å². The molecule has 0 aromatic carbocycles. The van der Waals surface area contributed by atoms with Crippen molar-refractivity contribution in [2.45, 2.75) is 31.8 Å². The molecule has 3 nitrogen and oxygen atoms in total. The molecule has 0 bridgehead atoms. The molecule has 10 heavy (non-hydrogen) atoms. The fourth-order valence-corrected chi connectivity index (χ4v) is 1.18. The van der Waals surface area contributed by atoms with Crippen molar-refractivity contribution >= 4 is 5.97 Å². The maximum atomic E-state index is 10.4. The van der Waals surface area contributed by atoms with Crippen molar-refractivity contribution in [3.8, 4) is 6.07 Å². The Kier molecular flexibility index (Phi) is 2.27. The molecule has 0 spiro atoms. The molecule has 1 aliphatic rings. The van der Waals surface area contributed by atoms with Gasteiger partial charge in [0.15, 0.2) is 6.07 Å². The molecule has 0 heterocycles. The highest BCUT2D eigenvalue weighted by atomic mass is 16.5. The molecule has 1 rings (SSSR count). The number of hydrogen-bond acceptors (Lipinski definition) is 3. The van der Waals surface area contributed by atoms with Crippen molar-refractivity contribution in [2.24, 2.45) is 0 Å². The number of ether oxygens (including phenoxy) is 1. The lowest BCUT2D eigenvalue weighted by molar-refractivity contribution is -0.141. The molecule has 1 fully saturated rings. The minimum absolute atomic E-state index is 0.0205. The van der Waals surface area contributed by atoms with E-state index in [9.17, 15) is 4.79 Å². The summed E-state index contributed by atoms with van der Waals surface area (Å²) in [6.45, 7) is 0. The van der Waals surface area contributed by atoms with Crippen LogP contribution in [0.15, 0.2) is 0 Å². The molecule has 0 N–H and O–H groups in total. The zero-order valence-electron chi connectivity index (χ0n) is 5.67. The topological polar surface area (TPSA) is 50.1 Å². The van der Waals surface area contributed by atoms with E-state index in [1.165, 1.54) is 6.07 Å². The van der Waals surface area contributed by atoms with Gasteiger partial charge in [-0.1, -0.05) is 0 Å². The summed E-state index contributed by atoms with van der Waals surface area (Å²) in [6, 6.07) is 1.43. The minimum Gasteiger partial charge on any atom is -0.451 e. The number of carbonyl (C=O) groups excluding carboxylic acids is 1. The second-order valence-electron chi connectivity index (χ2n) is 2.42. The molecule has 0 saturated heterocycles. The number of hydrogen-bond donors (Lipinski definition) is 0. The highest BCUT2D eigenvalue weighted by Crippen LogP contribution is 2.20. The van der Waals surface area contributed by atoms with Gasteiger partial charge in [-0.25, -0.2) is 4.79 Å². The van der Waals surface area contributed by atoms with Crippen LogP contribution < -0.4 is 0 Å². The Labute approximate surface area is 59.6 Å². The predicted octanol–water partition coefficient (Wildman–Crippen LogP) is 0.996. The van der Waals surface area contributed by atoms with Gasteiger partial charge in [0.2, 0.25) is 0 Å². The Balaban J connectivity index is 2.25. The Morgan fingerprint density at radius 2 is 2.10 bits per heavy atom. The summed E-state index contributed by atoms with van der Waals surface area (Å²) in [7, 11) is 0. The van der Waals surface area contributed by atoms with E-state index in [-0.39, 0.29) is 6.10 Å². The van der Waals surface area contributed by atoms with Crippen molar-refractivity contribution in [3.05, 3.63) is 0 Å².